The van der Waals surface area contributed by atoms with Crippen LogP contribution < -0.4 is 4.90 Å². The summed E-state index contributed by atoms with van der Waals surface area (Å²) >= 11 is 0. The van der Waals surface area contributed by atoms with Gasteiger partial charge in [-0.25, -0.2) is 4.79 Å². The zero-order chi connectivity index (χ0) is 25.3. The van der Waals surface area contributed by atoms with E-state index in [9.17, 15) is 9.59 Å². The third-order valence-electron chi connectivity index (χ3n) is 7.49. The number of likely N-dealkylation sites (tertiary alicyclic amines) is 2. The smallest absolute Gasteiger partial charge is 0.410 e. The number of anilines is 1. The Morgan fingerprint density at radius 2 is 1.86 bits per heavy atom. The molecule has 0 saturated carbocycles. The number of carbonyl (C=O) groups excluding carboxylic acids is 2. The Kier molecular flexibility index (Phi) is 7.34. The number of piperidine rings is 1. The first-order valence-corrected chi connectivity index (χ1v) is 12.8. The minimum atomic E-state index is -0.926. The first kappa shape index (κ1) is 25.8. The molecule has 0 radical (unpaired) electrons. The molecule has 4 rings (SSSR count). The first-order chi connectivity index (χ1) is 16.5. The summed E-state index contributed by atoms with van der Waals surface area (Å²) in [5, 5.41) is 0. The minimum Gasteiger partial charge on any atom is -0.444 e. The molecular weight excluding hydrogens is 446 g/mol. The van der Waals surface area contributed by atoms with E-state index >= 15 is 0 Å². The molecule has 194 valence electrons. The average Bonchev–Trinajstić information content (AvgIpc) is 3.14. The van der Waals surface area contributed by atoms with Crippen molar-refractivity contribution in [1.82, 2.24) is 9.80 Å². The van der Waals surface area contributed by atoms with Crippen LogP contribution in [0.25, 0.3) is 0 Å². The van der Waals surface area contributed by atoms with E-state index in [1.165, 1.54) is 24.0 Å². The Morgan fingerprint density at radius 1 is 1.11 bits per heavy atom. The van der Waals surface area contributed by atoms with Crippen molar-refractivity contribution in [2.24, 2.45) is 0 Å². The first-order valence-electron chi connectivity index (χ1n) is 12.8. The Bertz CT molecular complexity index is 922. The fraction of sp³-hybridized carbons (Fsp3) is 0.704. The SMILES string of the molecule is Cc1cc(CN2CCCC23CCN(C(=O)OC(C)(C)C)CC3)cc(N2CCOC(C)(OC=O)C2)c1. The number of aryl methyl sites for hydroxylation is 1. The summed E-state index contributed by atoms with van der Waals surface area (Å²) in [6.45, 7) is 15.4. The van der Waals surface area contributed by atoms with Gasteiger partial charge in [-0.1, -0.05) is 6.07 Å². The van der Waals surface area contributed by atoms with Crippen molar-refractivity contribution < 1.29 is 23.8 Å². The van der Waals surface area contributed by atoms with Crippen molar-refractivity contribution in [2.45, 2.75) is 83.8 Å². The van der Waals surface area contributed by atoms with Gasteiger partial charge in [-0.15, -0.1) is 0 Å². The van der Waals surface area contributed by atoms with Gasteiger partial charge in [-0.3, -0.25) is 9.69 Å². The fourth-order valence-electron chi connectivity index (χ4n) is 5.81. The van der Waals surface area contributed by atoms with Crippen LogP contribution in [0.4, 0.5) is 10.5 Å². The molecule has 3 aliphatic heterocycles. The van der Waals surface area contributed by atoms with Gasteiger partial charge in [0.2, 0.25) is 5.79 Å². The zero-order valence-corrected chi connectivity index (χ0v) is 22.0. The number of hydrogen-bond donors (Lipinski definition) is 0. The van der Waals surface area contributed by atoms with E-state index in [0.29, 0.717) is 19.6 Å². The molecule has 3 fully saturated rings. The number of rotatable bonds is 5. The van der Waals surface area contributed by atoms with Crippen molar-refractivity contribution in [1.29, 1.82) is 0 Å². The highest BCUT2D eigenvalue weighted by molar-refractivity contribution is 5.68. The highest BCUT2D eigenvalue weighted by atomic mass is 16.7. The van der Waals surface area contributed by atoms with Gasteiger partial charge < -0.3 is 24.0 Å². The van der Waals surface area contributed by atoms with Gasteiger partial charge in [-0.05, 0) is 83.2 Å². The molecule has 0 bridgehead atoms. The lowest BCUT2D eigenvalue weighted by Gasteiger charge is -2.45. The molecule has 8 nitrogen and oxygen atoms in total. The molecule has 3 heterocycles. The molecule has 1 spiro atoms. The maximum Gasteiger partial charge on any atom is 0.410 e. The Balaban J connectivity index is 1.43. The van der Waals surface area contributed by atoms with E-state index in [4.69, 9.17) is 14.2 Å². The maximum absolute atomic E-state index is 12.5. The van der Waals surface area contributed by atoms with Crippen molar-refractivity contribution in [3.05, 3.63) is 29.3 Å². The third-order valence-corrected chi connectivity index (χ3v) is 7.49. The summed E-state index contributed by atoms with van der Waals surface area (Å²) in [5.74, 6) is -0.926. The van der Waals surface area contributed by atoms with Crippen LogP contribution in [-0.4, -0.2) is 78.6 Å². The van der Waals surface area contributed by atoms with E-state index < -0.39 is 11.4 Å². The molecule has 1 aromatic carbocycles. The molecule has 0 N–H and O–H groups in total. The lowest BCUT2D eigenvalue weighted by Crippen LogP contribution is -2.53. The summed E-state index contributed by atoms with van der Waals surface area (Å²) < 4.78 is 16.5. The molecule has 1 amide bonds. The number of benzene rings is 1. The number of ether oxygens (including phenoxy) is 3. The van der Waals surface area contributed by atoms with Crippen LogP contribution in [0.15, 0.2) is 18.2 Å². The summed E-state index contributed by atoms with van der Waals surface area (Å²) in [6.07, 6.45) is 4.14. The number of carbonyl (C=O) groups is 2. The number of morpholine rings is 1. The molecule has 1 aromatic rings. The van der Waals surface area contributed by atoms with Crippen molar-refractivity contribution in [3.63, 3.8) is 0 Å². The normalized spacial score (nSPS) is 25.1. The van der Waals surface area contributed by atoms with Crippen LogP contribution in [0.1, 0.15) is 64.5 Å². The van der Waals surface area contributed by atoms with Gasteiger partial charge in [-0.2, -0.15) is 0 Å². The molecule has 3 aliphatic rings. The van der Waals surface area contributed by atoms with Gasteiger partial charge in [0, 0.05) is 44.3 Å². The molecule has 1 atom stereocenters. The predicted octanol–water partition coefficient (Wildman–Crippen LogP) is 4.09. The van der Waals surface area contributed by atoms with Crippen LogP contribution >= 0.6 is 0 Å². The van der Waals surface area contributed by atoms with E-state index in [-0.39, 0.29) is 11.6 Å². The largest absolute Gasteiger partial charge is 0.444 e. The van der Waals surface area contributed by atoms with E-state index in [0.717, 1.165) is 51.3 Å². The molecule has 8 heteroatoms. The standard InChI is InChI=1S/C27H41N3O5/c1-21-15-22(17-23(16-21)29-13-14-33-26(5,19-29)34-20-31)18-30-10-6-7-27(30)8-11-28(12-9-27)24(32)35-25(2,3)4/h15-17,20H,6-14,18-19H2,1-5H3. The monoisotopic (exact) mass is 487 g/mol. The quantitative estimate of drug-likeness (QED) is 0.580. The van der Waals surface area contributed by atoms with Crippen LogP contribution in [0.5, 0.6) is 0 Å². The Hall–Kier alpha value is -2.32. The topological polar surface area (TPSA) is 71.6 Å². The van der Waals surface area contributed by atoms with Crippen molar-refractivity contribution in [2.75, 3.05) is 44.2 Å². The second-order valence-electron chi connectivity index (χ2n) is 11.5. The zero-order valence-electron chi connectivity index (χ0n) is 22.0. The number of nitrogens with zero attached hydrogens (tertiary/aromatic N) is 3. The minimum absolute atomic E-state index is 0.151. The Morgan fingerprint density at radius 3 is 2.54 bits per heavy atom. The van der Waals surface area contributed by atoms with E-state index in [1.807, 2.05) is 32.6 Å². The molecule has 0 aromatic heterocycles. The summed E-state index contributed by atoms with van der Waals surface area (Å²) in [7, 11) is 0. The highest BCUT2D eigenvalue weighted by Crippen LogP contribution is 2.40. The van der Waals surface area contributed by atoms with Gasteiger partial charge >= 0.3 is 6.09 Å². The van der Waals surface area contributed by atoms with Gasteiger partial charge in [0.25, 0.3) is 6.47 Å². The van der Waals surface area contributed by atoms with Crippen LogP contribution in [0.3, 0.4) is 0 Å². The summed E-state index contributed by atoms with van der Waals surface area (Å²) in [4.78, 5) is 30.2. The van der Waals surface area contributed by atoms with E-state index in [1.54, 1.807) is 0 Å². The van der Waals surface area contributed by atoms with Crippen LogP contribution in [0.2, 0.25) is 0 Å². The second kappa shape index (κ2) is 9.97. The van der Waals surface area contributed by atoms with Crippen molar-refractivity contribution in [3.8, 4) is 0 Å². The fourth-order valence-corrected chi connectivity index (χ4v) is 5.81. The number of hydrogen-bond acceptors (Lipinski definition) is 7. The molecule has 0 aliphatic carbocycles. The third kappa shape index (κ3) is 6.09. The summed E-state index contributed by atoms with van der Waals surface area (Å²) in [6, 6.07) is 6.73. The van der Waals surface area contributed by atoms with Crippen LogP contribution in [0, 0.1) is 6.92 Å². The molecular formula is C27H41N3O5. The molecule has 3 saturated heterocycles. The average molecular weight is 488 g/mol. The van der Waals surface area contributed by atoms with Gasteiger partial charge in [0.15, 0.2) is 0 Å². The molecule has 1 unspecified atom stereocenters. The summed E-state index contributed by atoms with van der Waals surface area (Å²) in [5.41, 5.74) is 3.33. The Labute approximate surface area is 209 Å². The van der Waals surface area contributed by atoms with Gasteiger partial charge in [0.05, 0.1) is 13.2 Å². The highest BCUT2D eigenvalue weighted by Gasteiger charge is 2.44. The van der Waals surface area contributed by atoms with E-state index in [2.05, 4.69) is 34.9 Å². The van der Waals surface area contributed by atoms with Crippen molar-refractivity contribution >= 4 is 18.3 Å². The number of amides is 1. The predicted molar refractivity (Wildman–Crippen MR) is 134 cm³/mol. The van der Waals surface area contributed by atoms with Crippen LogP contribution in [-0.2, 0) is 25.5 Å². The van der Waals surface area contributed by atoms with Gasteiger partial charge in [0.1, 0.15) is 5.60 Å². The second-order valence-corrected chi connectivity index (χ2v) is 11.5. The molecule has 35 heavy (non-hydrogen) atoms. The lowest BCUT2D eigenvalue weighted by atomic mass is 9.84. The lowest BCUT2D eigenvalue weighted by molar-refractivity contribution is -0.214. The maximum atomic E-state index is 12.5.